The van der Waals surface area contributed by atoms with Crippen LogP contribution in [-0.2, 0) is 16.1 Å². The molecule has 0 spiro atoms. The summed E-state index contributed by atoms with van der Waals surface area (Å²) in [7, 11) is 2.85. The number of halogens is 1. The van der Waals surface area contributed by atoms with E-state index in [9.17, 15) is 9.59 Å². The fourth-order valence-corrected chi connectivity index (χ4v) is 3.65. The quantitative estimate of drug-likeness (QED) is 0.585. The fraction of sp³-hybridized carbons (Fsp3) is 0.304. The van der Waals surface area contributed by atoms with E-state index in [4.69, 9.17) is 25.8 Å². The van der Waals surface area contributed by atoms with Crippen molar-refractivity contribution in [2.45, 2.75) is 32.4 Å². The van der Waals surface area contributed by atoms with Gasteiger partial charge in [-0.15, -0.1) is 0 Å². The molecule has 2 amide bonds. The van der Waals surface area contributed by atoms with Crippen LogP contribution in [0.3, 0.4) is 0 Å². The van der Waals surface area contributed by atoms with Gasteiger partial charge in [0.1, 0.15) is 6.61 Å². The minimum Gasteiger partial charge on any atom is -0.493 e. The first-order chi connectivity index (χ1) is 15.0. The van der Waals surface area contributed by atoms with Crippen molar-refractivity contribution in [1.82, 2.24) is 10.6 Å². The molecule has 2 aromatic carbocycles. The molecule has 8 heteroatoms. The summed E-state index contributed by atoms with van der Waals surface area (Å²) in [5, 5.41) is 6.16. The molecule has 2 N–H and O–H groups in total. The Morgan fingerprint density at radius 3 is 2.61 bits per heavy atom. The van der Waals surface area contributed by atoms with Gasteiger partial charge in [-0.05, 0) is 41.8 Å². The molecule has 1 atom stereocenters. The van der Waals surface area contributed by atoms with E-state index in [-0.39, 0.29) is 6.03 Å². The van der Waals surface area contributed by atoms with E-state index in [0.29, 0.717) is 46.4 Å². The van der Waals surface area contributed by atoms with Gasteiger partial charge < -0.3 is 24.8 Å². The highest BCUT2D eigenvalue weighted by atomic mass is 35.5. The summed E-state index contributed by atoms with van der Waals surface area (Å²) < 4.78 is 16.4. The van der Waals surface area contributed by atoms with Crippen molar-refractivity contribution in [1.29, 1.82) is 0 Å². The summed E-state index contributed by atoms with van der Waals surface area (Å²) in [6, 6.07) is 11.6. The van der Waals surface area contributed by atoms with Crippen molar-refractivity contribution in [3.05, 3.63) is 69.9 Å². The lowest BCUT2D eigenvalue weighted by molar-refractivity contribution is -0.136. The van der Waals surface area contributed by atoms with Crippen LogP contribution in [0.2, 0.25) is 5.02 Å². The minimum atomic E-state index is -0.668. The topological polar surface area (TPSA) is 85.9 Å². The van der Waals surface area contributed by atoms with Crippen LogP contribution in [0, 0.1) is 0 Å². The van der Waals surface area contributed by atoms with E-state index in [1.807, 2.05) is 25.1 Å². The maximum Gasteiger partial charge on any atom is 0.337 e. The van der Waals surface area contributed by atoms with E-state index >= 15 is 0 Å². The first-order valence-corrected chi connectivity index (χ1v) is 10.3. The van der Waals surface area contributed by atoms with Crippen LogP contribution >= 0.6 is 11.6 Å². The number of allylic oxidation sites excluding steroid dienone is 1. The van der Waals surface area contributed by atoms with Crippen molar-refractivity contribution in [2.24, 2.45) is 0 Å². The van der Waals surface area contributed by atoms with Gasteiger partial charge in [-0.25, -0.2) is 9.59 Å². The largest absolute Gasteiger partial charge is 0.493 e. The third-order valence-electron chi connectivity index (χ3n) is 4.86. The molecule has 1 aliphatic heterocycles. The second-order valence-electron chi connectivity index (χ2n) is 6.99. The van der Waals surface area contributed by atoms with Crippen LogP contribution in [0.1, 0.15) is 36.9 Å². The maximum atomic E-state index is 12.5. The van der Waals surface area contributed by atoms with E-state index in [1.54, 1.807) is 24.3 Å². The highest BCUT2D eigenvalue weighted by Gasteiger charge is 2.33. The summed E-state index contributed by atoms with van der Waals surface area (Å²) in [6.07, 6.45) is 1.31. The summed E-state index contributed by atoms with van der Waals surface area (Å²) in [6.45, 7) is 2.29. The third-order valence-corrected chi connectivity index (χ3v) is 5.10. The molecule has 0 aromatic heterocycles. The zero-order valence-electron chi connectivity index (χ0n) is 17.7. The molecule has 0 fully saturated rings. The van der Waals surface area contributed by atoms with Gasteiger partial charge in [0, 0.05) is 10.7 Å². The lowest BCUT2D eigenvalue weighted by Crippen LogP contribution is -2.45. The van der Waals surface area contributed by atoms with Gasteiger partial charge in [-0.3, -0.25) is 0 Å². The molecule has 1 heterocycles. The molecule has 31 heavy (non-hydrogen) atoms. The first kappa shape index (κ1) is 22.5. The molecule has 3 rings (SSSR count). The molecule has 164 valence electrons. The number of urea groups is 1. The van der Waals surface area contributed by atoms with Crippen LogP contribution in [-0.4, -0.2) is 26.2 Å². The Morgan fingerprint density at radius 2 is 1.94 bits per heavy atom. The number of rotatable bonds is 8. The van der Waals surface area contributed by atoms with E-state index in [1.165, 1.54) is 14.2 Å². The van der Waals surface area contributed by atoms with Crippen molar-refractivity contribution in [3.8, 4) is 11.5 Å². The number of methoxy groups -OCH3 is 2. The van der Waals surface area contributed by atoms with Gasteiger partial charge in [-0.1, -0.05) is 43.1 Å². The molecule has 7 nitrogen and oxygen atoms in total. The molecule has 1 aliphatic rings. The molecule has 1 unspecified atom stereocenters. The van der Waals surface area contributed by atoms with E-state index in [0.717, 1.165) is 12.0 Å². The Bertz CT molecular complexity index is 1010. The number of ether oxygens (including phenoxy) is 3. The Kier molecular flexibility index (Phi) is 7.41. The molecule has 0 saturated heterocycles. The fourth-order valence-electron chi connectivity index (χ4n) is 3.44. The number of carbonyl (C=O) groups excluding carboxylic acids is 2. The molecule has 0 bridgehead atoms. The molecular weight excluding hydrogens is 420 g/mol. The van der Waals surface area contributed by atoms with Gasteiger partial charge in [0.15, 0.2) is 11.5 Å². The van der Waals surface area contributed by atoms with Crippen LogP contribution in [0.25, 0.3) is 0 Å². The number of hydrogen-bond acceptors (Lipinski definition) is 5. The Labute approximate surface area is 186 Å². The monoisotopic (exact) mass is 444 g/mol. The Hall–Kier alpha value is -3.19. The van der Waals surface area contributed by atoms with Crippen molar-refractivity contribution in [3.63, 3.8) is 0 Å². The predicted molar refractivity (Wildman–Crippen MR) is 117 cm³/mol. The zero-order chi connectivity index (χ0) is 22.4. The van der Waals surface area contributed by atoms with Gasteiger partial charge in [0.25, 0.3) is 0 Å². The summed E-state index contributed by atoms with van der Waals surface area (Å²) in [4.78, 5) is 24.7. The smallest absolute Gasteiger partial charge is 0.337 e. The lowest BCUT2D eigenvalue weighted by atomic mass is 9.93. The number of hydrogen-bond donors (Lipinski definition) is 2. The van der Waals surface area contributed by atoms with Gasteiger partial charge in [-0.2, -0.15) is 0 Å². The SMILES string of the molecule is CCCC1=C(C(=O)OC)C(c2ccc(OCc3cccc(Cl)c3)c(OC)c2)NC(=O)N1. The number of amides is 2. The van der Waals surface area contributed by atoms with Crippen LogP contribution in [0.4, 0.5) is 4.79 Å². The summed E-state index contributed by atoms with van der Waals surface area (Å²) >= 11 is 6.03. The van der Waals surface area contributed by atoms with Crippen LogP contribution in [0.5, 0.6) is 11.5 Å². The van der Waals surface area contributed by atoms with E-state index in [2.05, 4.69) is 10.6 Å². The van der Waals surface area contributed by atoms with Crippen molar-refractivity contribution < 1.29 is 23.8 Å². The maximum absolute atomic E-state index is 12.5. The Balaban J connectivity index is 1.91. The molecule has 2 aromatic rings. The summed E-state index contributed by atoms with van der Waals surface area (Å²) in [5.74, 6) is 0.513. The highest BCUT2D eigenvalue weighted by molar-refractivity contribution is 6.30. The number of nitrogens with one attached hydrogen (secondary N) is 2. The van der Waals surface area contributed by atoms with Gasteiger partial charge >= 0.3 is 12.0 Å². The Morgan fingerprint density at radius 1 is 1.13 bits per heavy atom. The molecule has 0 radical (unpaired) electrons. The second kappa shape index (κ2) is 10.2. The normalized spacial score (nSPS) is 15.7. The average Bonchev–Trinajstić information content (AvgIpc) is 2.77. The van der Waals surface area contributed by atoms with Gasteiger partial charge in [0.05, 0.1) is 25.8 Å². The number of esters is 1. The van der Waals surface area contributed by atoms with Crippen molar-refractivity contribution >= 4 is 23.6 Å². The van der Waals surface area contributed by atoms with Crippen LogP contribution in [0.15, 0.2) is 53.7 Å². The van der Waals surface area contributed by atoms with Crippen molar-refractivity contribution in [2.75, 3.05) is 14.2 Å². The molecular formula is C23H25ClN2O5. The predicted octanol–water partition coefficient (Wildman–Crippen LogP) is 4.51. The standard InChI is InChI=1S/C23H25ClN2O5/c1-4-6-17-20(22(27)30-3)21(26-23(28)25-17)15-9-10-18(19(12-15)29-2)31-13-14-7-5-8-16(24)11-14/h5,7-12,21H,4,6,13H2,1-3H3,(H2,25,26,28). The zero-order valence-corrected chi connectivity index (χ0v) is 18.4. The number of carbonyl (C=O) groups is 2. The lowest BCUT2D eigenvalue weighted by Gasteiger charge is -2.29. The number of benzene rings is 2. The molecule has 0 aliphatic carbocycles. The highest BCUT2D eigenvalue weighted by Crippen LogP contribution is 2.35. The third kappa shape index (κ3) is 5.30. The van der Waals surface area contributed by atoms with Gasteiger partial charge in [0.2, 0.25) is 0 Å². The van der Waals surface area contributed by atoms with E-state index < -0.39 is 12.0 Å². The summed E-state index contributed by atoms with van der Waals surface area (Å²) in [5.41, 5.74) is 2.53. The second-order valence-corrected chi connectivity index (χ2v) is 7.43. The first-order valence-electron chi connectivity index (χ1n) is 9.90. The minimum absolute atomic E-state index is 0.314. The van der Waals surface area contributed by atoms with Crippen LogP contribution < -0.4 is 20.1 Å². The molecule has 0 saturated carbocycles. The average molecular weight is 445 g/mol.